The molecular formula is C19H16F5NO5P+. The monoisotopic (exact) mass is 464 g/mol. The van der Waals surface area contributed by atoms with Crippen molar-refractivity contribution in [2.75, 3.05) is 0 Å². The van der Waals surface area contributed by atoms with Crippen LogP contribution in [0.2, 0.25) is 0 Å². The third-order valence-electron chi connectivity index (χ3n) is 4.45. The Hall–Kier alpha value is -2.78. The van der Waals surface area contributed by atoms with E-state index in [-0.39, 0.29) is 11.9 Å². The molecule has 12 heteroatoms. The molecule has 1 saturated carbocycles. The number of ether oxygens (including phenoxy) is 1. The number of esters is 1. The second kappa shape index (κ2) is 9.57. The van der Waals surface area contributed by atoms with E-state index in [4.69, 9.17) is 9.57 Å². The van der Waals surface area contributed by atoms with E-state index in [1.54, 1.807) is 18.2 Å². The van der Waals surface area contributed by atoms with Gasteiger partial charge in [0.2, 0.25) is 29.1 Å². The fourth-order valence-corrected chi connectivity index (χ4v) is 3.40. The first-order valence-electron chi connectivity index (χ1n) is 9.10. The van der Waals surface area contributed by atoms with Crippen LogP contribution < -0.4 is 9.36 Å². The second-order valence-electron chi connectivity index (χ2n) is 6.60. The maximum absolute atomic E-state index is 13.9. The number of halogens is 5. The van der Waals surface area contributed by atoms with Gasteiger partial charge in [0.05, 0.1) is 0 Å². The lowest BCUT2D eigenvalue weighted by Gasteiger charge is -2.27. The summed E-state index contributed by atoms with van der Waals surface area (Å²) in [5, 5.41) is 0. The SMILES string of the molecule is CC(C(=O)OC1CCC1)N(Oc1ccccc1)[P+](=O)Oc1c(F)c(F)c(F)c(F)c1F. The zero-order chi connectivity index (χ0) is 22.7. The highest BCUT2D eigenvalue weighted by Gasteiger charge is 2.46. The number of rotatable bonds is 8. The third-order valence-corrected chi connectivity index (χ3v) is 5.54. The first-order valence-corrected chi connectivity index (χ1v) is 10.2. The largest absolute Gasteiger partial charge is 0.704 e. The van der Waals surface area contributed by atoms with Crippen LogP contribution in [0.25, 0.3) is 0 Å². The zero-order valence-corrected chi connectivity index (χ0v) is 16.9. The molecule has 2 aromatic rings. The minimum Gasteiger partial charge on any atom is -0.461 e. The lowest BCUT2D eigenvalue weighted by molar-refractivity contribution is -0.164. The van der Waals surface area contributed by atoms with Crippen LogP contribution >= 0.6 is 8.18 Å². The van der Waals surface area contributed by atoms with Gasteiger partial charge in [-0.2, -0.15) is 8.78 Å². The van der Waals surface area contributed by atoms with Crippen LogP contribution in [0.5, 0.6) is 11.5 Å². The molecule has 2 aromatic carbocycles. The average Bonchev–Trinajstić information content (AvgIpc) is 2.74. The average molecular weight is 464 g/mol. The van der Waals surface area contributed by atoms with Crippen LogP contribution in [-0.2, 0) is 14.1 Å². The van der Waals surface area contributed by atoms with Crippen molar-refractivity contribution in [3.05, 3.63) is 59.4 Å². The van der Waals surface area contributed by atoms with E-state index in [0.717, 1.165) is 6.42 Å². The molecule has 0 bridgehead atoms. The predicted molar refractivity (Wildman–Crippen MR) is 96.6 cm³/mol. The topological polar surface area (TPSA) is 65.1 Å². The van der Waals surface area contributed by atoms with Crippen molar-refractivity contribution in [1.29, 1.82) is 0 Å². The lowest BCUT2D eigenvalue weighted by Crippen LogP contribution is -2.41. The molecule has 1 aliphatic carbocycles. The van der Waals surface area contributed by atoms with Gasteiger partial charge in [-0.1, -0.05) is 18.2 Å². The molecule has 1 aliphatic rings. The highest BCUT2D eigenvalue weighted by atomic mass is 31.1. The molecule has 0 radical (unpaired) electrons. The minimum atomic E-state index is -3.47. The van der Waals surface area contributed by atoms with E-state index in [0.29, 0.717) is 17.7 Å². The molecule has 0 aliphatic heterocycles. The van der Waals surface area contributed by atoms with Crippen molar-refractivity contribution < 1.29 is 45.4 Å². The summed E-state index contributed by atoms with van der Waals surface area (Å²) in [7, 11) is -3.47. The van der Waals surface area contributed by atoms with Gasteiger partial charge in [-0.15, -0.1) is 0 Å². The molecule has 6 nitrogen and oxygen atoms in total. The molecule has 1 fully saturated rings. The van der Waals surface area contributed by atoms with Gasteiger partial charge in [-0.25, -0.2) is 17.7 Å². The number of hydrogen-bond donors (Lipinski definition) is 0. The Kier molecular flexibility index (Phi) is 7.07. The lowest BCUT2D eigenvalue weighted by atomic mass is 9.96. The molecule has 0 amide bonds. The van der Waals surface area contributed by atoms with Crippen molar-refractivity contribution in [2.24, 2.45) is 0 Å². The van der Waals surface area contributed by atoms with Crippen molar-refractivity contribution in [2.45, 2.75) is 38.3 Å². The zero-order valence-electron chi connectivity index (χ0n) is 16.0. The van der Waals surface area contributed by atoms with Gasteiger partial charge in [0, 0.05) is 4.57 Å². The van der Waals surface area contributed by atoms with E-state index in [2.05, 4.69) is 4.52 Å². The van der Waals surface area contributed by atoms with Crippen LogP contribution in [0.3, 0.4) is 0 Å². The molecule has 3 rings (SSSR count). The standard InChI is InChI=1S/C19H16F5NO5P/c1-10(19(26)28-11-8-5-9-11)25(29-12-6-3-2-4-7-12)31(27)30-18-16(23)14(21)13(20)15(22)17(18)24/h2-4,6-7,10-11H,5,8-9H2,1H3/q+1. The summed E-state index contributed by atoms with van der Waals surface area (Å²) in [5.41, 5.74) is 0. The Labute approximate surface area is 174 Å². The van der Waals surface area contributed by atoms with Crippen LogP contribution in [0.4, 0.5) is 22.0 Å². The summed E-state index contributed by atoms with van der Waals surface area (Å²) in [6, 6.07) is 6.14. The number of benzene rings is 2. The summed E-state index contributed by atoms with van der Waals surface area (Å²) in [6.07, 6.45) is 1.83. The molecule has 2 atom stereocenters. The smallest absolute Gasteiger partial charge is 0.461 e. The first-order chi connectivity index (χ1) is 14.7. The van der Waals surface area contributed by atoms with Gasteiger partial charge >= 0.3 is 14.1 Å². The normalized spacial score (nSPS) is 15.3. The van der Waals surface area contributed by atoms with Gasteiger partial charge in [-0.3, -0.25) is 4.79 Å². The van der Waals surface area contributed by atoms with Gasteiger partial charge in [-0.05, 0) is 38.3 Å². The summed E-state index contributed by atoms with van der Waals surface area (Å²) >= 11 is 0. The summed E-state index contributed by atoms with van der Waals surface area (Å²) < 4.78 is 90.3. The van der Waals surface area contributed by atoms with Gasteiger partial charge < -0.3 is 9.57 Å². The maximum Gasteiger partial charge on any atom is 0.704 e. The fourth-order valence-electron chi connectivity index (χ4n) is 2.47. The summed E-state index contributed by atoms with van der Waals surface area (Å²) in [4.78, 5) is 18.2. The first kappa shape index (κ1) is 22.9. The molecule has 0 saturated heterocycles. The highest BCUT2D eigenvalue weighted by molar-refractivity contribution is 7.36. The fraction of sp³-hybridized carbons (Fsp3) is 0.316. The molecule has 166 valence electrons. The van der Waals surface area contributed by atoms with Gasteiger partial charge in [0.25, 0.3) is 5.75 Å². The Balaban J connectivity index is 1.88. The molecule has 2 unspecified atom stereocenters. The molecule has 0 heterocycles. The molecule has 0 aromatic heterocycles. The van der Waals surface area contributed by atoms with Crippen molar-refractivity contribution in [3.8, 4) is 11.5 Å². The van der Waals surface area contributed by atoms with E-state index in [1.165, 1.54) is 19.1 Å². The Bertz CT molecular complexity index is 960. The van der Waals surface area contributed by atoms with E-state index >= 15 is 0 Å². The molecular weight excluding hydrogens is 448 g/mol. The molecule has 0 spiro atoms. The number of carbonyl (C=O) groups excluding carboxylic acids is 1. The Morgan fingerprint density at radius 1 is 1.00 bits per heavy atom. The van der Waals surface area contributed by atoms with Crippen molar-refractivity contribution >= 4 is 14.1 Å². The van der Waals surface area contributed by atoms with Crippen LogP contribution in [0, 0.1) is 29.1 Å². The van der Waals surface area contributed by atoms with Crippen LogP contribution in [0.15, 0.2) is 30.3 Å². The minimum absolute atomic E-state index is 0.0650. The number of carbonyl (C=O) groups is 1. The van der Waals surface area contributed by atoms with E-state index < -0.39 is 55.0 Å². The number of hydroxylamine groups is 1. The third kappa shape index (κ3) is 4.94. The Morgan fingerprint density at radius 3 is 2.06 bits per heavy atom. The molecule has 31 heavy (non-hydrogen) atoms. The number of para-hydroxylation sites is 1. The Morgan fingerprint density at radius 2 is 1.55 bits per heavy atom. The molecule has 0 N–H and O–H groups in total. The van der Waals surface area contributed by atoms with Gasteiger partial charge in [0.15, 0.2) is 11.8 Å². The second-order valence-corrected chi connectivity index (χ2v) is 7.65. The highest BCUT2D eigenvalue weighted by Crippen LogP contribution is 2.39. The van der Waals surface area contributed by atoms with E-state index in [1.807, 2.05) is 0 Å². The quantitative estimate of drug-likeness (QED) is 0.134. The summed E-state index contributed by atoms with van der Waals surface area (Å²) in [5.74, 6) is -14.1. The van der Waals surface area contributed by atoms with Crippen LogP contribution in [-0.4, -0.2) is 22.9 Å². The maximum atomic E-state index is 13.9. The number of nitrogens with zero attached hydrogens (tertiary/aromatic N) is 1. The van der Waals surface area contributed by atoms with Crippen LogP contribution in [0.1, 0.15) is 26.2 Å². The summed E-state index contributed by atoms with van der Waals surface area (Å²) in [6.45, 7) is 1.22. The number of hydrogen-bond acceptors (Lipinski definition) is 5. The van der Waals surface area contributed by atoms with E-state index in [9.17, 15) is 31.3 Å². The van der Waals surface area contributed by atoms with Crippen molar-refractivity contribution in [3.63, 3.8) is 0 Å². The predicted octanol–water partition coefficient (Wildman–Crippen LogP) is 5.20. The van der Waals surface area contributed by atoms with Crippen molar-refractivity contribution in [1.82, 2.24) is 4.83 Å². The van der Waals surface area contributed by atoms with Gasteiger partial charge in [0.1, 0.15) is 10.9 Å².